The molecule has 5 nitrogen and oxygen atoms in total. The lowest BCUT2D eigenvalue weighted by Crippen LogP contribution is -2.56. The molecule has 5 rings (SSSR count). The minimum absolute atomic E-state index is 0.0130. The van der Waals surface area contributed by atoms with Crippen molar-refractivity contribution >= 4 is 5.78 Å². The molecule has 5 heteroatoms. The molecule has 5 fully saturated rings. The Labute approximate surface area is 161 Å². The Morgan fingerprint density at radius 3 is 2.63 bits per heavy atom. The second-order valence-corrected chi connectivity index (χ2v) is 10.4. The molecule has 2 saturated heterocycles. The SMILES string of the molecule is C=C1C[C@H]2[C@H]3[C@@H](C[C@@H](C)[C@@H]4[C@@H](OCOC)[C@H](C)[C@H]5C(=O)[C@]1(O)O[C@@]452)C3(C)C. The van der Waals surface area contributed by atoms with E-state index >= 15 is 0 Å². The zero-order valence-corrected chi connectivity index (χ0v) is 17.0. The number of fused-ring (bicyclic) bond motifs is 3. The van der Waals surface area contributed by atoms with Crippen molar-refractivity contribution in [2.24, 2.45) is 46.8 Å². The summed E-state index contributed by atoms with van der Waals surface area (Å²) in [6, 6.07) is 0. The van der Waals surface area contributed by atoms with Gasteiger partial charge < -0.3 is 19.3 Å². The van der Waals surface area contributed by atoms with E-state index in [1.165, 1.54) is 0 Å². The number of hydrogen-bond donors (Lipinski definition) is 1. The third kappa shape index (κ3) is 1.88. The lowest BCUT2D eigenvalue weighted by molar-refractivity contribution is -0.260. The molecule has 3 aliphatic carbocycles. The number of ketones is 1. The summed E-state index contributed by atoms with van der Waals surface area (Å²) in [6.45, 7) is 13.4. The maximum absolute atomic E-state index is 13.4. The molecule has 1 N–H and O–H groups in total. The molecule has 3 saturated carbocycles. The molecule has 150 valence electrons. The highest BCUT2D eigenvalue weighted by atomic mass is 16.7. The molecule has 27 heavy (non-hydrogen) atoms. The van der Waals surface area contributed by atoms with Gasteiger partial charge >= 0.3 is 0 Å². The minimum atomic E-state index is -1.81. The zero-order chi connectivity index (χ0) is 19.5. The molecule has 0 aromatic heterocycles. The van der Waals surface area contributed by atoms with Crippen LogP contribution in [0, 0.1) is 46.8 Å². The molecule has 5 aliphatic rings. The highest BCUT2D eigenvalue weighted by Crippen LogP contribution is 2.77. The smallest absolute Gasteiger partial charge is 0.250 e. The highest BCUT2D eigenvalue weighted by molar-refractivity contribution is 5.95. The van der Waals surface area contributed by atoms with Crippen LogP contribution in [0.3, 0.4) is 0 Å². The molecule has 2 bridgehead atoms. The number of methoxy groups -OCH3 is 1. The number of rotatable bonds is 3. The normalized spacial score (nSPS) is 57.3. The van der Waals surface area contributed by atoms with E-state index in [9.17, 15) is 9.90 Å². The summed E-state index contributed by atoms with van der Waals surface area (Å²) >= 11 is 0. The quantitative estimate of drug-likeness (QED) is 0.606. The summed E-state index contributed by atoms with van der Waals surface area (Å²) in [5.74, 6) is -0.541. The molecule has 2 aliphatic heterocycles. The van der Waals surface area contributed by atoms with Crippen LogP contribution in [-0.4, -0.2) is 42.3 Å². The maximum Gasteiger partial charge on any atom is 0.250 e. The molecule has 0 unspecified atom stereocenters. The van der Waals surface area contributed by atoms with Gasteiger partial charge in [-0.2, -0.15) is 0 Å². The van der Waals surface area contributed by atoms with Crippen LogP contribution in [0.4, 0.5) is 0 Å². The van der Waals surface area contributed by atoms with Crippen LogP contribution >= 0.6 is 0 Å². The predicted octanol–water partition coefficient (Wildman–Crippen LogP) is 2.77. The van der Waals surface area contributed by atoms with Gasteiger partial charge in [0.25, 0.3) is 5.79 Å². The van der Waals surface area contributed by atoms with Crippen molar-refractivity contribution in [3.05, 3.63) is 12.2 Å². The molecule has 2 heterocycles. The van der Waals surface area contributed by atoms with Crippen LogP contribution in [0.2, 0.25) is 0 Å². The molecule has 0 radical (unpaired) electrons. The Kier molecular flexibility index (Phi) is 3.55. The topological polar surface area (TPSA) is 65.0 Å². The van der Waals surface area contributed by atoms with E-state index in [1.54, 1.807) is 7.11 Å². The Morgan fingerprint density at radius 2 is 1.96 bits per heavy atom. The number of carbonyl (C=O) groups excluding carboxylic acids is 1. The second-order valence-electron chi connectivity index (χ2n) is 10.4. The summed E-state index contributed by atoms with van der Waals surface area (Å²) in [5.41, 5.74) is 0.161. The van der Waals surface area contributed by atoms with Crippen LogP contribution < -0.4 is 0 Å². The zero-order valence-electron chi connectivity index (χ0n) is 17.0. The average Bonchev–Trinajstić information content (AvgIpc) is 2.96. The largest absolute Gasteiger partial charge is 0.359 e. The average molecular weight is 376 g/mol. The van der Waals surface area contributed by atoms with E-state index in [2.05, 4.69) is 34.3 Å². The lowest BCUT2D eigenvalue weighted by Gasteiger charge is -2.49. The van der Waals surface area contributed by atoms with Gasteiger partial charge in [0.05, 0.1) is 17.6 Å². The molecular weight excluding hydrogens is 344 g/mol. The van der Waals surface area contributed by atoms with E-state index < -0.39 is 11.4 Å². The van der Waals surface area contributed by atoms with Gasteiger partial charge in [0.1, 0.15) is 6.79 Å². The van der Waals surface area contributed by atoms with E-state index in [0.29, 0.717) is 29.7 Å². The Morgan fingerprint density at radius 1 is 1.26 bits per heavy atom. The molecular formula is C22H32O5. The first kappa shape index (κ1) is 18.3. The van der Waals surface area contributed by atoms with Crippen molar-refractivity contribution in [2.75, 3.05) is 13.9 Å². The van der Waals surface area contributed by atoms with Gasteiger partial charge in [-0.1, -0.05) is 34.3 Å². The third-order valence-electron chi connectivity index (χ3n) is 9.06. The fraction of sp³-hybridized carbons (Fsp3) is 0.864. The van der Waals surface area contributed by atoms with Gasteiger partial charge in [-0.3, -0.25) is 4.79 Å². The van der Waals surface area contributed by atoms with Crippen molar-refractivity contribution in [3.63, 3.8) is 0 Å². The van der Waals surface area contributed by atoms with Gasteiger partial charge in [-0.15, -0.1) is 0 Å². The Balaban J connectivity index is 1.68. The van der Waals surface area contributed by atoms with Crippen molar-refractivity contribution in [3.8, 4) is 0 Å². The van der Waals surface area contributed by atoms with Crippen molar-refractivity contribution < 1.29 is 24.1 Å². The minimum Gasteiger partial charge on any atom is -0.359 e. The van der Waals surface area contributed by atoms with Crippen molar-refractivity contribution in [1.82, 2.24) is 0 Å². The summed E-state index contributed by atoms with van der Waals surface area (Å²) in [4.78, 5) is 13.4. The van der Waals surface area contributed by atoms with Crippen LogP contribution in [0.15, 0.2) is 12.2 Å². The van der Waals surface area contributed by atoms with Crippen LogP contribution in [-0.2, 0) is 19.0 Å². The summed E-state index contributed by atoms with van der Waals surface area (Å²) < 4.78 is 17.8. The maximum atomic E-state index is 13.4. The van der Waals surface area contributed by atoms with Crippen molar-refractivity contribution in [2.45, 2.75) is 58.0 Å². The van der Waals surface area contributed by atoms with Crippen LogP contribution in [0.1, 0.15) is 40.5 Å². The Bertz CT molecular complexity index is 715. The van der Waals surface area contributed by atoms with Crippen molar-refractivity contribution in [1.29, 1.82) is 0 Å². The summed E-state index contributed by atoms with van der Waals surface area (Å²) in [7, 11) is 1.63. The van der Waals surface area contributed by atoms with E-state index in [1.807, 2.05) is 0 Å². The first-order chi connectivity index (χ1) is 12.6. The third-order valence-corrected chi connectivity index (χ3v) is 9.06. The Hall–Kier alpha value is -0.750. The van der Waals surface area contributed by atoms with Gasteiger partial charge in [-0.25, -0.2) is 0 Å². The monoisotopic (exact) mass is 376 g/mol. The van der Waals surface area contributed by atoms with E-state index in [4.69, 9.17) is 14.2 Å². The van der Waals surface area contributed by atoms with Crippen LogP contribution in [0.5, 0.6) is 0 Å². The highest BCUT2D eigenvalue weighted by Gasteiger charge is 2.82. The predicted molar refractivity (Wildman–Crippen MR) is 98.5 cm³/mol. The number of Topliss-reactive ketones (excluding diaryl/α,β-unsaturated/α-hetero) is 1. The van der Waals surface area contributed by atoms with Crippen LogP contribution in [0.25, 0.3) is 0 Å². The first-order valence-electron chi connectivity index (χ1n) is 10.4. The van der Waals surface area contributed by atoms with Gasteiger partial charge in [-0.05, 0) is 53.4 Å². The number of aliphatic hydroxyl groups is 1. The fourth-order valence-corrected chi connectivity index (χ4v) is 8.01. The first-order valence-corrected chi connectivity index (χ1v) is 10.4. The molecule has 0 aromatic rings. The molecule has 0 aromatic carbocycles. The van der Waals surface area contributed by atoms with E-state index in [-0.39, 0.29) is 47.8 Å². The lowest BCUT2D eigenvalue weighted by atomic mass is 9.66. The summed E-state index contributed by atoms with van der Waals surface area (Å²) in [5, 5.41) is 11.2. The van der Waals surface area contributed by atoms with Gasteiger partial charge in [0, 0.05) is 13.0 Å². The van der Waals surface area contributed by atoms with E-state index in [0.717, 1.165) is 6.42 Å². The number of ether oxygens (including phenoxy) is 3. The molecule has 1 spiro atoms. The second kappa shape index (κ2) is 5.24. The standard InChI is InChI=1S/C22H32O5/c1-10-7-13-17(20(13,4)5)14-8-11(2)22(24)19(23)16-12(3)18(26-9-25-6)15(10)21(14,16)27-22/h10,12-18,24H,2,7-9H2,1,3-6H3/t10-,12-,13-,14+,15-,16+,17-,18+,21+,22-/m1/s1. The molecule has 10 atom stereocenters. The fourth-order valence-electron chi connectivity index (χ4n) is 8.01. The molecule has 0 amide bonds. The van der Waals surface area contributed by atoms with Gasteiger partial charge in [0.15, 0.2) is 0 Å². The number of hydrogen-bond acceptors (Lipinski definition) is 5. The summed E-state index contributed by atoms with van der Waals surface area (Å²) in [6.07, 6.45) is 1.71. The van der Waals surface area contributed by atoms with Gasteiger partial charge in [0.2, 0.25) is 5.78 Å². The number of carbonyl (C=O) groups is 1.